The number of aryl methyl sites for hydroxylation is 2. The van der Waals surface area contributed by atoms with E-state index in [2.05, 4.69) is 5.32 Å². The highest BCUT2D eigenvalue weighted by molar-refractivity contribution is 7.92. The van der Waals surface area contributed by atoms with Crippen molar-refractivity contribution in [1.29, 1.82) is 0 Å². The van der Waals surface area contributed by atoms with E-state index in [0.717, 1.165) is 17.4 Å². The van der Waals surface area contributed by atoms with Crippen molar-refractivity contribution >= 4 is 27.5 Å². The van der Waals surface area contributed by atoms with Gasteiger partial charge < -0.3 is 10.2 Å². The summed E-state index contributed by atoms with van der Waals surface area (Å²) in [7, 11) is -3.57. The van der Waals surface area contributed by atoms with Crippen molar-refractivity contribution in [2.45, 2.75) is 60.0 Å². The number of nitrogens with one attached hydrogen (secondary N) is 1. The summed E-state index contributed by atoms with van der Waals surface area (Å²) in [5.41, 5.74) is 2.87. The number of halogens is 1. The first kappa shape index (κ1) is 29.3. The first-order valence-corrected chi connectivity index (χ1v) is 14.0. The fourth-order valence-corrected chi connectivity index (χ4v) is 4.69. The summed E-state index contributed by atoms with van der Waals surface area (Å²) in [5.74, 6) is -0.882. The van der Waals surface area contributed by atoms with Gasteiger partial charge in [0.25, 0.3) is 0 Å². The second kappa shape index (κ2) is 12.9. The van der Waals surface area contributed by atoms with E-state index in [9.17, 15) is 22.4 Å². The molecule has 198 valence electrons. The third kappa shape index (κ3) is 8.33. The van der Waals surface area contributed by atoms with E-state index in [1.807, 2.05) is 39.8 Å². The maximum absolute atomic E-state index is 14.4. The molecule has 2 aromatic carbocycles. The standard InChI is InChI=1S/C27H38FN3O4S/c1-19(2)17-29-27(33)22(5)30(18-23-10-7-8-11-25(23)28)26(32)12-9-15-31(36(6,34)35)24-14-13-20(3)21(4)16-24/h7-8,10-11,13-14,16,19,22H,9,12,15,17-18H2,1-6H3,(H,29,33)/t22-/m0/s1. The molecule has 9 heteroatoms. The second-order valence-electron chi connectivity index (χ2n) is 9.64. The van der Waals surface area contributed by atoms with E-state index in [4.69, 9.17) is 0 Å². The monoisotopic (exact) mass is 519 g/mol. The molecule has 2 amide bonds. The first-order valence-electron chi connectivity index (χ1n) is 12.2. The van der Waals surface area contributed by atoms with Crippen LogP contribution in [0.4, 0.5) is 10.1 Å². The highest BCUT2D eigenvalue weighted by Crippen LogP contribution is 2.22. The van der Waals surface area contributed by atoms with Gasteiger partial charge in [-0.2, -0.15) is 0 Å². The second-order valence-corrected chi connectivity index (χ2v) is 11.5. The van der Waals surface area contributed by atoms with E-state index in [0.29, 0.717) is 17.8 Å². The predicted molar refractivity (Wildman–Crippen MR) is 142 cm³/mol. The Kier molecular flexibility index (Phi) is 10.5. The fourth-order valence-electron chi connectivity index (χ4n) is 3.73. The Labute approximate surface area is 214 Å². The molecule has 7 nitrogen and oxygen atoms in total. The molecule has 0 heterocycles. The van der Waals surface area contributed by atoms with E-state index in [1.165, 1.54) is 15.3 Å². The summed E-state index contributed by atoms with van der Waals surface area (Å²) >= 11 is 0. The van der Waals surface area contributed by atoms with Gasteiger partial charge in [-0.1, -0.05) is 38.1 Å². The number of nitrogens with zero attached hydrogens (tertiary/aromatic N) is 2. The average molecular weight is 520 g/mol. The van der Waals surface area contributed by atoms with Crippen LogP contribution < -0.4 is 9.62 Å². The molecular formula is C27H38FN3O4S. The third-order valence-corrected chi connectivity index (χ3v) is 7.28. The van der Waals surface area contributed by atoms with E-state index in [1.54, 1.807) is 31.2 Å². The number of benzene rings is 2. The highest BCUT2D eigenvalue weighted by atomic mass is 32.2. The largest absolute Gasteiger partial charge is 0.354 e. The topological polar surface area (TPSA) is 86.8 Å². The van der Waals surface area contributed by atoms with Crippen LogP contribution in [0.1, 0.15) is 50.3 Å². The molecule has 36 heavy (non-hydrogen) atoms. The molecule has 1 atom stereocenters. The molecule has 0 aliphatic carbocycles. The Morgan fingerprint density at radius 2 is 1.69 bits per heavy atom. The number of sulfonamides is 1. The van der Waals surface area contributed by atoms with Crippen molar-refractivity contribution in [3.8, 4) is 0 Å². The van der Waals surface area contributed by atoms with Gasteiger partial charge in [0.2, 0.25) is 21.8 Å². The van der Waals surface area contributed by atoms with Crippen molar-refractivity contribution in [2.24, 2.45) is 5.92 Å². The van der Waals surface area contributed by atoms with Gasteiger partial charge in [-0.05, 0) is 62.4 Å². The highest BCUT2D eigenvalue weighted by Gasteiger charge is 2.27. The number of rotatable bonds is 12. The lowest BCUT2D eigenvalue weighted by atomic mass is 10.1. The SMILES string of the molecule is Cc1ccc(N(CCCC(=O)N(Cc2ccccc2F)[C@@H](C)C(=O)NCC(C)C)S(C)(=O)=O)cc1C. The van der Waals surface area contributed by atoms with Gasteiger partial charge >= 0.3 is 0 Å². The molecule has 2 aromatic rings. The zero-order valence-corrected chi connectivity index (χ0v) is 22.9. The minimum absolute atomic E-state index is 0.00706. The van der Waals surface area contributed by atoms with E-state index >= 15 is 0 Å². The summed E-state index contributed by atoms with van der Waals surface area (Å²) in [4.78, 5) is 27.4. The minimum Gasteiger partial charge on any atom is -0.354 e. The summed E-state index contributed by atoms with van der Waals surface area (Å²) in [6.45, 7) is 9.92. The Bertz CT molecular complexity index is 1170. The van der Waals surface area contributed by atoms with Crippen molar-refractivity contribution in [1.82, 2.24) is 10.2 Å². The van der Waals surface area contributed by atoms with Crippen LogP contribution >= 0.6 is 0 Å². The van der Waals surface area contributed by atoms with Crippen molar-refractivity contribution in [2.75, 3.05) is 23.7 Å². The van der Waals surface area contributed by atoms with Gasteiger partial charge in [0.15, 0.2) is 0 Å². The lowest BCUT2D eigenvalue weighted by Crippen LogP contribution is -2.48. The smallest absolute Gasteiger partial charge is 0.242 e. The van der Waals surface area contributed by atoms with E-state index in [-0.39, 0.29) is 43.7 Å². The van der Waals surface area contributed by atoms with Crippen molar-refractivity contribution < 1.29 is 22.4 Å². The number of anilines is 1. The van der Waals surface area contributed by atoms with Crippen LogP contribution in [0.15, 0.2) is 42.5 Å². The van der Waals surface area contributed by atoms with Crippen LogP contribution in [-0.2, 0) is 26.2 Å². The molecule has 0 fully saturated rings. The van der Waals surface area contributed by atoms with Gasteiger partial charge in [0, 0.05) is 31.6 Å². The summed E-state index contributed by atoms with van der Waals surface area (Å²) in [6.07, 6.45) is 1.38. The van der Waals surface area contributed by atoms with Crippen LogP contribution in [0.3, 0.4) is 0 Å². The minimum atomic E-state index is -3.57. The predicted octanol–water partition coefficient (Wildman–Crippen LogP) is 4.18. The van der Waals surface area contributed by atoms with Gasteiger partial charge in [0.05, 0.1) is 11.9 Å². The molecular weight excluding hydrogens is 481 g/mol. The summed E-state index contributed by atoms with van der Waals surface area (Å²) in [5, 5.41) is 2.83. The quantitative estimate of drug-likeness (QED) is 0.456. The summed E-state index contributed by atoms with van der Waals surface area (Å²) < 4.78 is 40.6. The van der Waals surface area contributed by atoms with Gasteiger partial charge in [-0.25, -0.2) is 12.8 Å². The summed E-state index contributed by atoms with van der Waals surface area (Å²) in [6, 6.07) is 10.7. The number of carbonyl (C=O) groups is 2. The first-order chi connectivity index (χ1) is 16.8. The third-order valence-electron chi connectivity index (χ3n) is 6.08. The number of amides is 2. The van der Waals surface area contributed by atoms with Crippen LogP contribution in [-0.4, -0.2) is 50.5 Å². The molecule has 0 bridgehead atoms. The number of carbonyl (C=O) groups excluding carboxylic acids is 2. The fraction of sp³-hybridized carbons (Fsp3) is 0.481. The molecule has 0 saturated carbocycles. The molecule has 0 spiro atoms. The Morgan fingerprint density at radius 3 is 2.28 bits per heavy atom. The molecule has 0 radical (unpaired) electrons. The lowest BCUT2D eigenvalue weighted by molar-refractivity contribution is -0.140. The van der Waals surface area contributed by atoms with Crippen LogP contribution in [0.5, 0.6) is 0 Å². The van der Waals surface area contributed by atoms with Crippen LogP contribution in [0.2, 0.25) is 0 Å². The van der Waals surface area contributed by atoms with E-state index < -0.39 is 21.9 Å². The zero-order chi connectivity index (χ0) is 27.0. The van der Waals surface area contributed by atoms with Crippen molar-refractivity contribution in [3.05, 3.63) is 65.0 Å². The van der Waals surface area contributed by atoms with Crippen LogP contribution in [0.25, 0.3) is 0 Å². The molecule has 0 saturated heterocycles. The Hall–Kier alpha value is -2.94. The Morgan fingerprint density at radius 1 is 1.03 bits per heavy atom. The lowest BCUT2D eigenvalue weighted by Gasteiger charge is -2.30. The number of hydrogen-bond acceptors (Lipinski definition) is 4. The van der Waals surface area contributed by atoms with Crippen molar-refractivity contribution in [3.63, 3.8) is 0 Å². The molecule has 0 unspecified atom stereocenters. The molecule has 0 aliphatic heterocycles. The molecule has 0 aliphatic rings. The maximum atomic E-state index is 14.4. The maximum Gasteiger partial charge on any atom is 0.242 e. The molecule has 2 rings (SSSR count). The molecule has 0 aromatic heterocycles. The van der Waals surface area contributed by atoms with Gasteiger partial charge in [-0.15, -0.1) is 0 Å². The Balaban J connectivity index is 2.19. The average Bonchev–Trinajstić information content (AvgIpc) is 2.80. The zero-order valence-electron chi connectivity index (χ0n) is 22.0. The number of hydrogen-bond donors (Lipinski definition) is 1. The van der Waals surface area contributed by atoms with Crippen LogP contribution in [0, 0.1) is 25.6 Å². The van der Waals surface area contributed by atoms with Gasteiger partial charge in [-0.3, -0.25) is 13.9 Å². The van der Waals surface area contributed by atoms with Gasteiger partial charge in [0.1, 0.15) is 11.9 Å². The molecule has 1 N–H and O–H groups in total. The normalized spacial score (nSPS) is 12.3.